The number of rotatable bonds is 8. The fourth-order valence-electron chi connectivity index (χ4n) is 2.99. The van der Waals surface area contributed by atoms with E-state index >= 15 is 0 Å². The fraction of sp³-hybridized carbons (Fsp3) is 0.261. The first-order valence-electron chi connectivity index (χ1n) is 9.64. The predicted octanol–water partition coefficient (Wildman–Crippen LogP) is 2.77. The van der Waals surface area contributed by atoms with Gasteiger partial charge in [-0.1, -0.05) is 18.2 Å². The van der Waals surface area contributed by atoms with Crippen molar-refractivity contribution in [3.05, 3.63) is 69.6 Å². The van der Waals surface area contributed by atoms with Crippen LogP contribution in [0.25, 0.3) is 11.0 Å². The lowest BCUT2D eigenvalue weighted by Gasteiger charge is -2.11. The van der Waals surface area contributed by atoms with Crippen LogP contribution < -0.4 is 20.4 Å². The number of aryl methyl sites for hydroxylation is 2. The zero-order chi connectivity index (χ0) is 22.4. The highest BCUT2D eigenvalue weighted by molar-refractivity contribution is 5.96. The van der Waals surface area contributed by atoms with Gasteiger partial charge < -0.3 is 23.9 Å². The summed E-state index contributed by atoms with van der Waals surface area (Å²) in [4.78, 5) is 36.5. The van der Waals surface area contributed by atoms with E-state index in [-0.39, 0.29) is 30.0 Å². The number of fused-ring (bicyclic) bond motifs is 1. The summed E-state index contributed by atoms with van der Waals surface area (Å²) in [5.74, 6) is -0.311. The van der Waals surface area contributed by atoms with Crippen molar-refractivity contribution in [2.45, 2.75) is 13.8 Å². The molecular weight excluding hydrogens is 402 g/mol. The maximum Gasteiger partial charge on any atom is 0.349 e. The first kappa shape index (κ1) is 22.0. The Balaban J connectivity index is 1.69. The second-order valence-electron chi connectivity index (χ2n) is 6.88. The molecule has 0 aliphatic rings. The Hall–Kier alpha value is -3.65. The molecule has 8 nitrogen and oxygen atoms in total. The molecule has 0 unspecified atom stereocenters. The molecule has 1 aromatic heterocycles. The molecule has 3 rings (SSSR count). The molecule has 31 heavy (non-hydrogen) atoms. The molecule has 0 saturated carbocycles. The van der Waals surface area contributed by atoms with Gasteiger partial charge in [-0.05, 0) is 43.2 Å². The second-order valence-corrected chi connectivity index (χ2v) is 6.88. The molecule has 0 saturated heterocycles. The van der Waals surface area contributed by atoms with E-state index in [1.807, 2.05) is 32.0 Å². The average molecular weight is 425 g/mol. The van der Waals surface area contributed by atoms with Crippen LogP contribution in [0.3, 0.4) is 0 Å². The normalized spacial score (nSPS) is 10.7. The maximum atomic E-state index is 12.2. The number of hydrogen-bond acceptors (Lipinski definition) is 7. The van der Waals surface area contributed by atoms with Crippen molar-refractivity contribution in [3.63, 3.8) is 0 Å². The third-order valence-electron chi connectivity index (χ3n) is 4.52. The first-order chi connectivity index (χ1) is 14.9. The number of carbonyl (C=O) groups is 2. The molecule has 0 aliphatic carbocycles. The third kappa shape index (κ3) is 5.49. The molecule has 1 N–H and O–H groups in total. The van der Waals surface area contributed by atoms with Gasteiger partial charge in [-0.2, -0.15) is 0 Å². The minimum atomic E-state index is -0.788. The monoisotopic (exact) mass is 425 g/mol. The van der Waals surface area contributed by atoms with E-state index in [1.165, 1.54) is 19.2 Å². The lowest BCUT2D eigenvalue weighted by molar-refractivity contribution is -0.136. The SMILES string of the molecule is COCCNC(=O)c1cc2ccc(OC(=O)COc3c(C)cccc3C)cc2oc1=O. The van der Waals surface area contributed by atoms with Crippen LogP contribution in [0.1, 0.15) is 21.5 Å². The first-order valence-corrected chi connectivity index (χ1v) is 9.64. The summed E-state index contributed by atoms with van der Waals surface area (Å²) in [7, 11) is 1.51. The molecule has 1 heterocycles. The predicted molar refractivity (Wildman–Crippen MR) is 114 cm³/mol. The van der Waals surface area contributed by atoms with Crippen LogP contribution >= 0.6 is 0 Å². The van der Waals surface area contributed by atoms with Crippen LogP contribution in [0, 0.1) is 13.8 Å². The Morgan fingerprint density at radius 3 is 2.52 bits per heavy atom. The molecule has 1 amide bonds. The topological polar surface area (TPSA) is 104 Å². The van der Waals surface area contributed by atoms with Crippen molar-refractivity contribution in [1.82, 2.24) is 5.32 Å². The molecule has 0 aliphatic heterocycles. The number of carbonyl (C=O) groups excluding carboxylic acids is 2. The number of benzene rings is 2. The number of hydrogen-bond donors (Lipinski definition) is 1. The van der Waals surface area contributed by atoms with Crippen molar-refractivity contribution in [3.8, 4) is 11.5 Å². The molecule has 2 aromatic carbocycles. The zero-order valence-electron chi connectivity index (χ0n) is 17.5. The fourth-order valence-corrected chi connectivity index (χ4v) is 2.99. The van der Waals surface area contributed by atoms with Crippen molar-refractivity contribution >= 4 is 22.8 Å². The molecule has 0 spiro atoms. The van der Waals surface area contributed by atoms with E-state index in [4.69, 9.17) is 18.6 Å². The summed E-state index contributed by atoms with van der Waals surface area (Å²) >= 11 is 0. The van der Waals surface area contributed by atoms with Gasteiger partial charge in [0.15, 0.2) is 6.61 Å². The van der Waals surface area contributed by atoms with E-state index in [9.17, 15) is 14.4 Å². The molecule has 3 aromatic rings. The summed E-state index contributed by atoms with van der Waals surface area (Å²) in [6.07, 6.45) is 0. The number of esters is 1. The van der Waals surface area contributed by atoms with Crippen LogP contribution in [-0.2, 0) is 9.53 Å². The number of ether oxygens (including phenoxy) is 3. The summed E-state index contributed by atoms with van der Waals surface area (Å²) in [5, 5.41) is 3.09. The smallest absolute Gasteiger partial charge is 0.349 e. The van der Waals surface area contributed by atoms with Gasteiger partial charge in [0, 0.05) is 25.1 Å². The Morgan fingerprint density at radius 2 is 1.81 bits per heavy atom. The largest absolute Gasteiger partial charge is 0.481 e. The van der Waals surface area contributed by atoms with Gasteiger partial charge in [-0.3, -0.25) is 4.79 Å². The summed E-state index contributed by atoms with van der Waals surface area (Å²) in [6.45, 7) is 4.11. The molecule has 8 heteroatoms. The summed E-state index contributed by atoms with van der Waals surface area (Å²) < 4.78 is 21.0. The Morgan fingerprint density at radius 1 is 1.06 bits per heavy atom. The highest BCUT2D eigenvalue weighted by atomic mass is 16.6. The van der Waals surface area contributed by atoms with Crippen LogP contribution in [0.5, 0.6) is 11.5 Å². The Labute approximate surface area is 178 Å². The Bertz CT molecular complexity index is 1150. The van der Waals surface area contributed by atoms with Gasteiger partial charge in [0.25, 0.3) is 5.91 Å². The molecule has 0 bridgehead atoms. The lowest BCUT2D eigenvalue weighted by Crippen LogP contribution is -2.30. The van der Waals surface area contributed by atoms with E-state index in [2.05, 4.69) is 5.32 Å². The van der Waals surface area contributed by atoms with Gasteiger partial charge in [-0.25, -0.2) is 9.59 Å². The minimum absolute atomic E-state index is 0.115. The Kier molecular flexibility index (Phi) is 7.04. The lowest BCUT2D eigenvalue weighted by atomic mass is 10.1. The third-order valence-corrected chi connectivity index (χ3v) is 4.52. The summed E-state index contributed by atoms with van der Waals surface area (Å²) in [5.41, 5.74) is 1.13. The zero-order valence-corrected chi connectivity index (χ0v) is 17.5. The van der Waals surface area contributed by atoms with Crippen LogP contribution in [0.2, 0.25) is 0 Å². The summed E-state index contributed by atoms with van der Waals surface area (Å²) in [6, 6.07) is 11.7. The van der Waals surface area contributed by atoms with Gasteiger partial charge in [0.2, 0.25) is 0 Å². The van der Waals surface area contributed by atoms with E-state index in [1.54, 1.807) is 12.1 Å². The van der Waals surface area contributed by atoms with Gasteiger partial charge in [0.05, 0.1) is 6.61 Å². The van der Waals surface area contributed by atoms with Gasteiger partial charge in [-0.15, -0.1) is 0 Å². The molecular formula is C23H23NO7. The second kappa shape index (κ2) is 9.90. The van der Waals surface area contributed by atoms with E-state index < -0.39 is 17.5 Å². The van der Waals surface area contributed by atoms with Gasteiger partial charge in [0.1, 0.15) is 22.6 Å². The van der Waals surface area contributed by atoms with E-state index in [0.29, 0.717) is 17.7 Å². The minimum Gasteiger partial charge on any atom is -0.481 e. The van der Waals surface area contributed by atoms with Crippen molar-refractivity contribution in [2.75, 3.05) is 26.9 Å². The molecule has 0 atom stereocenters. The maximum absolute atomic E-state index is 12.2. The van der Waals surface area contributed by atoms with Crippen LogP contribution in [-0.4, -0.2) is 38.7 Å². The van der Waals surface area contributed by atoms with Crippen LogP contribution in [0.15, 0.2) is 51.7 Å². The quantitative estimate of drug-likeness (QED) is 0.256. The van der Waals surface area contributed by atoms with Gasteiger partial charge >= 0.3 is 11.6 Å². The van der Waals surface area contributed by atoms with Crippen molar-refractivity contribution < 1.29 is 28.2 Å². The number of para-hydroxylation sites is 1. The highest BCUT2D eigenvalue weighted by Gasteiger charge is 2.15. The number of methoxy groups -OCH3 is 1. The molecule has 0 fully saturated rings. The number of amides is 1. The molecule has 0 radical (unpaired) electrons. The van der Waals surface area contributed by atoms with E-state index in [0.717, 1.165) is 11.1 Å². The van der Waals surface area contributed by atoms with Crippen molar-refractivity contribution in [2.24, 2.45) is 0 Å². The van der Waals surface area contributed by atoms with Crippen LogP contribution in [0.4, 0.5) is 0 Å². The highest BCUT2D eigenvalue weighted by Crippen LogP contribution is 2.23. The average Bonchev–Trinajstić information content (AvgIpc) is 2.73. The molecule has 162 valence electrons. The van der Waals surface area contributed by atoms with Crippen molar-refractivity contribution in [1.29, 1.82) is 0 Å². The number of nitrogens with one attached hydrogen (secondary N) is 1. The standard InChI is InChI=1S/C23H23NO7/c1-14-5-4-6-15(2)21(14)29-13-20(25)30-17-8-7-16-11-18(22(26)24-9-10-28-3)23(27)31-19(16)12-17/h4-8,11-12H,9-10,13H2,1-3H3,(H,24,26).